The van der Waals surface area contributed by atoms with Gasteiger partial charge in [0, 0.05) is 42.8 Å². The molecule has 0 aliphatic carbocycles. The van der Waals surface area contributed by atoms with Crippen molar-refractivity contribution in [3.63, 3.8) is 0 Å². The van der Waals surface area contributed by atoms with Crippen molar-refractivity contribution in [2.45, 2.75) is 13.5 Å². The quantitative estimate of drug-likeness (QED) is 0.607. The first-order valence-electron chi connectivity index (χ1n) is 9.92. The Bertz CT molecular complexity index is 1070. The molecule has 0 bridgehead atoms. The van der Waals surface area contributed by atoms with E-state index in [4.69, 9.17) is 9.47 Å². The molecule has 2 heterocycles. The molecule has 30 heavy (non-hydrogen) atoms. The Labute approximate surface area is 179 Å². The lowest BCUT2D eigenvalue weighted by atomic mass is 10.1. The highest BCUT2D eigenvalue weighted by atomic mass is 32.1. The first-order valence-corrected chi connectivity index (χ1v) is 10.7. The molecular weight excluding hydrogens is 403 g/mol. The van der Waals surface area contributed by atoms with E-state index in [-0.39, 0.29) is 11.7 Å². The van der Waals surface area contributed by atoms with Crippen LogP contribution in [0, 0.1) is 12.7 Å². The first kappa shape index (κ1) is 20.6. The predicted molar refractivity (Wildman–Crippen MR) is 117 cm³/mol. The lowest BCUT2D eigenvalue weighted by molar-refractivity contribution is 0.0632. The smallest absolute Gasteiger partial charge is 0.264 e. The number of methoxy groups -OCH3 is 2. The van der Waals surface area contributed by atoms with Crippen LogP contribution in [0.5, 0.6) is 11.5 Å². The Morgan fingerprint density at radius 3 is 2.47 bits per heavy atom. The molecule has 158 valence electrons. The van der Waals surface area contributed by atoms with Crippen LogP contribution in [-0.4, -0.2) is 56.1 Å². The summed E-state index contributed by atoms with van der Waals surface area (Å²) in [5.41, 5.74) is 1.88. The minimum Gasteiger partial charge on any atom is -0.493 e. The molecule has 0 unspecified atom stereocenters. The maximum atomic E-state index is 14.2. The van der Waals surface area contributed by atoms with E-state index < -0.39 is 0 Å². The van der Waals surface area contributed by atoms with Gasteiger partial charge in [0.2, 0.25) is 0 Å². The van der Waals surface area contributed by atoms with Crippen LogP contribution >= 0.6 is 11.3 Å². The number of thiophene rings is 1. The number of carbonyl (C=O) groups is 1. The monoisotopic (exact) mass is 428 g/mol. The van der Waals surface area contributed by atoms with Crippen LogP contribution in [0.3, 0.4) is 0 Å². The van der Waals surface area contributed by atoms with Crippen LogP contribution in [0.2, 0.25) is 0 Å². The van der Waals surface area contributed by atoms with E-state index in [9.17, 15) is 9.18 Å². The third-order valence-corrected chi connectivity index (χ3v) is 6.86. The van der Waals surface area contributed by atoms with Crippen molar-refractivity contribution in [2.24, 2.45) is 0 Å². The van der Waals surface area contributed by atoms with Crippen molar-refractivity contribution in [1.29, 1.82) is 0 Å². The van der Waals surface area contributed by atoms with Crippen molar-refractivity contribution >= 4 is 27.3 Å². The zero-order valence-corrected chi connectivity index (χ0v) is 18.2. The molecule has 1 aliphatic rings. The number of hydrogen-bond donors (Lipinski definition) is 0. The second-order valence-corrected chi connectivity index (χ2v) is 8.48. The van der Waals surface area contributed by atoms with Gasteiger partial charge in [0.1, 0.15) is 5.82 Å². The predicted octanol–water partition coefficient (Wildman–Crippen LogP) is 4.32. The van der Waals surface area contributed by atoms with Gasteiger partial charge in [-0.25, -0.2) is 4.39 Å². The Balaban J connectivity index is 1.42. The molecule has 7 heteroatoms. The number of fused-ring (bicyclic) bond motifs is 1. The van der Waals surface area contributed by atoms with Gasteiger partial charge in [-0.1, -0.05) is 12.1 Å². The van der Waals surface area contributed by atoms with Gasteiger partial charge in [-0.15, -0.1) is 11.3 Å². The maximum Gasteiger partial charge on any atom is 0.264 e. The van der Waals surface area contributed by atoms with Crippen molar-refractivity contribution in [1.82, 2.24) is 9.80 Å². The molecule has 0 N–H and O–H groups in total. The minimum absolute atomic E-state index is 0.00105. The standard InChI is InChI=1S/C23H25FN2O3S/c1-15-21-17(24)5-4-6-20(21)30-22(15)23(27)26-11-9-25(10-12-26)14-16-7-8-18(28-2)19(13-16)29-3/h4-8,13H,9-12,14H2,1-3H3. The van der Waals surface area contributed by atoms with Crippen LogP contribution in [-0.2, 0) is 6.54 Å². The Kier molecular flexibility index (Phi) is 5.92. The highest BCUT2D eigenvalue weighted by molar-refractivity contribution is 7.21. The molecule has 3 aromatic rings. The molecule has 0 saturated carbocycles. The van der Waals surface area contributed by atoms with E-state index in [0.29, 0.717) is 29.1 Å². The molecule has 1 fully saturated rings. The number of amides is 1. The number of ether oxygens (including phenoxy) is 2. The summed E-state index contributed by atoms with van der Waals surface area (Å²) in [5.74, 6) is 1.17. The van der Waals surface area contributed by atoms with Crippen LogP contribution in [0.1, 0.15) is 20.8 Å². The number of piperazine rings is 1. The van der Waals surface area contributed by atoms with Crippen molar-refractivity contribution < 1.29 is 18.7 Å². The Morgan fingerprint density at radius 2 is 1.80 bits per heavy atom. The van der Waals surface area contributed by atoms with Gasteiger partial charge in [0.25, 0.3) is 5.91 Å². The fourth-order valence-corrected chi connectivity index (χ4v) is 5.14. The summed E-state index contributed by atoms with van der Waals surface area (Å²) in [7, 11) is 3.26. The van der Waals surface area contributed by atoms with Crippen molar-refractivity contribution in [2.75, 3.05) is 40.4 Å². The van der Waals surface area contributed by atoms with Gasteiger partial charge >= 0.3 is 0 Å². The first-order chi connectivity index (χ1) is 14.5. The maximum absolute atomic E-state index is 14.2. The summed E-state index contributed by atoms with van der Waals surface area (Å²) in [6.07, 6.45) is 0. The average Bonchev–Trinajstić information content (AvgIpc) is 3.11. The molecule has 0 spiro atoms. The average molecular weight is 429 g/mol. The van der Waals surface area contributed by atoms with Gasteiger partial charge in [0.15, 0.2) is 11.5 Å². The molecule has 0 atom stereocenters. The van der Waals surface area contributed by atoms with Gasteiger partial charge in [-0.2, -0.15) is 0 Å². The van der Waals surface area contributed by atoms with Gasteiger partial charge in [-0.05, 0) is 42.3 Å². The SMILES string of the molecule is COc1ccc(CN2CCN(C(=O)c3sc4cccc(F)c4c3C)CC2)cc1OC. The lowest BCUT2D eigenvalue weighted by Crippen LogP contribution is -2.48. The third kappa shape index (κ3) is 3.87. The molecule has 1 saturated heterocycles. The highest BCUT2D eigenvalue weighted by Crippen LogP contribution is 2.33. The molecule has 0 radical (unpaired) electrons. The number of carbonyl (C=O) groups excluding carboxylic acids is 1. The number of benzene rings is 2. The molecular formula is C23H25FN2O3S. The molecule has 5 nitrogen and oxygen atoms in total. The summed E-state index contributed by atoms with van der Waals surface area (Å²) in [5, 5.41) is 0.568. The molecule has 1 aliphatic heterocycles. The van der Waals surface area contributed by atoms with E-state index in [0.717, 1.165) is 41.2 Å². The largest absolute Gasteiger partial charge is 0.493 e. The Morgan fingerprint density at radius 1 is 1.07 bits per heavy atom. The topological polar surface area (TPSA) is 42.0 Å². The lowest BCUT2D eigenvalue weighted by Gasteiger charge is -2.34. The Hall–Kier alpha value is -2.64. The zero-order chi connectivity index (χ0) is 21.3. The van der Waals surface area contributed by atoms with E-state index in [1.54, 1.807) is 20.3 Å². The highest BCUT2D eigenvalue weighted by Gasteiger charge is 2.26. The molecule has 4 rings (SSSR count). The van der Waals surface area contributed by atoms with E-state index >= 15 is 0 Å². The summed E-state index contributed by atoms with van der Waals surface area (Å²) < 4.78 is 25.7. The summed E-state index contributed by atoms with van der Waals surface area (Å²) in [6, 6.07) is 10.9. The van der Waals surface area contributed by atoms with E-state index in [1.165, 1.54) is 17.4 Å². The minimum atomic E-state index is -0.264. The normalized spacial score (nSPS) is 14.9. The third-order valence-electron chi connectivity index (χ3n) is 5.61. The fourth-order valence-electron chi connectivity index (χ4n) is 3.95. The van der Waals surface area contributed by atoms with E-state index in [1.807, 2.05) is 36.1 Å². The number of aryl methyl sites for hydroxylation is 1. The number of halogens is 1. The second kappa shape index (κ2) is 8.62. The summed E-state index contributed by atoms with van der Waals surface area (Å²) in [4.78, 5) is 17.9. The molecule has 2 aromatic carbocycles. The number of hydrogen-bond acceptors (Lipinski definition) is 5. The van der Waals surface area contributed by atoms with Crippen molar-refractivity contribution in [3.8, 4) is 11.5 Å². The van der Waals surface area contributed by atoms with Crippen molar-refractivity contribution in [3.05, 3.63) is 58.2 Å². The van der Waals surface area contributed by atoms with Crippen LogP contribution in [0.15, 0.2) is 36.4 Å². The second-order valence-electron chi connectivity index (χ2n) is 7.43. The molecule has 1 aromatic heterocycles. The number of rotatable bonds is 5. The van der Waals surface area contributed by atoms with Gasteiger partial charge in [-0.3, -0.25) is 9.69 Å². The fraction of sp³-hybridized carbons (Fsp3) is 0.348. The number of nitrogens with zero attached hydrogens (tertiary/aromatic N) is 2. The summed E-state index contributed by atoms with van der Waals surface area (Å²) in [6.45, 7) is 5.51. The van der Waals surface area contributed by atoms with Crippen LogP contribution < -0.4 is 9.47 Å². The summed E-state index contributed by atoms with van der Waals surface area (Å²) >= 11 is 1.38. The van der Waals surface area contributed by atoms with Gasteiger partial charge in [0.05, 0.1) is 19.1 Å². The zero-order valence-electron chi connectivity index (χ0n) is 17.4. The van der Waals surface area contributed by atoms with Crippen LogP contribution in [0.25, 0.3) is 10.1 Å². The molecule has 1 amide bonds. The van der Waals surface area contributed by atoms with Crippen LogP contribution in [0.4, 0.5) is 4.39 Å². The van der Waals surface area contributed by atoms with E-state index in [2.05, 4.69) is 4.90 Å². The van der Waals surface area contributed by atoms with Gasteiger partial charge < -0.3 is 14.4 Å².